The molecule has 7 nitrogen and oxygen atoms in total. The Hall–Kier alpha value is -2.98. The Morgan fingerprint density at radius 3 is 2.91 bits per heavy atom. The van der Waals surface area contributed by atoms with E-state index >= 15 is 0 Å². The zero-order chi connectivity index (χ0) is 22.2. The maximum atomic E-state index is 12.5. The summed E-state index contributed by atoms with van der Waals surface area (Å²) in [5.41, 5.74) is 10.6. The van der Waals surface area contributed by atoms with Crippen LogP contribution in [-0.4, -0.2) is 38.3 Å². The number of hydrogen-bond donors (Lipinski definition) is 1. The van der Waals surface area contributed by atoms with Gasteiger partial charge in [0.25, 0.3) is 5.91 Å². The van der Waals surface area contributed by atoms with Crippen LogP contribution in [0, 0.1) is 0 Å². The summed E-state index contributed by atoms with van der Waals surface area (Å²) >= 11 is 1.45. The molecule has 3 aromatic heterocycles. The van der Waals surface area contributed by atoms with Gasteiger partial charge in [0.15, 0.2) is 0 Å². The van der Waals surface area contributed by atoms with Crippen molar-refractivity contribution in [2.45, 2.75) is 44.9 Å². The van der Waals surface area contributed by atoms with Crippen LogP contribution in [0.3, 0.4) is 0 Å². The molecule has 3 aromatic rings. The summed E-state index contributed by atoms with van der Waals surface area (Å²) in [6.45, 7) is -1.11. The van der Waals surface area contributed by atoms with Gasteiger partial charge in [-0.05, 0) is 60.1 Å². The van der Waals surface area contributed by atoms with Gasteiger partial charge in [0, 0.05) is 43.4 Å². The molecule has 1 amide bonds. The van der Waals surface area contributed by atoms with Crippen LogP contribution in [0.5, 0.6) is 5.88 Å². The number of nitrogens with zero attached hydrogens (tertiary/aromatic N) is 4. The minimum Gasteiger partial charge on any atom is -0.417 e. The van der Waals surface area contributed by atoms with Crippen molar-refractivity contribution in [3.63, 3.8) is 0 Å². The second kappa shape index (κ2) is 8.51. The van der Waals surface area contributed by atoms with Crippen LogP contribution in [0.2, 0.25) is 0 Å². The SMILES string of the molecule is NC(=O)c1cc(-c2cc(C3CC3)ns2)c2c(n1)CN(Cc1ccnc(OC(F)F)c1)CC2. The molecule has 2 aliphatic rings. The van der Waals surface area contributed by atoms with Gasteiger partial charge in [0.2, 0.25) is 5.88 Å². The first-order valence-corrected chi connectivity index (χ1v) is 11.2. The number of carbonyl (C=O) groups excluding carboxylic acids is 1. The molecule has 0 aromatic carbocycles. The van der Waals surface area contributed by atoms with Crippen molar-refractivity contribution < 1.29 is 18.3 Å². The van der Waals surface area contributed by atoms with Gasteiger partial charge in [-0.2, -0.15) is 13.2 Å². The third-order valence-electron chi connectivity index (χ3n) is 5.72. The number of carbonyl (C=O) groups is 1. The fourth-order valence-corrected chi connectivity index (χ4v) is 4.89. The number of rotatable bonds is 7. The zero-order valence-corrected chi connectivity index (χ0v) is 17.9. The maximum absolute atomic E-state index is 12.5. The summed E-state index contributed by atoms with van der Waals surface area (Å²) in [6, 6.07) is 7.18. The number of alkyl halides is 2. The molecule has 0 unspecified atom stereocenters. The molecular formula is C22H21F2N5O2S. The van der Waals surface area contributed by atoms with Gasteiger partial charge in [-0.1, -0.05) is 0 Å². The van der Waals surface area contributed by atoms with Gasteiger partial charge in [0.1, 0.15) is 5.69 Å². The van der Waals surface area contributed by atoms with E-state index in [1.165, 1.54) is 36.6 Å². The second-order valence-corrected chi connectivity index (χ2v) is 8.88. The van der Waals surface area contributed by atoms with Crippen molar-refractivity contribution in [3.05, 3.63) is 58.7 Å². The molecule has 0 atom stereocenters. The van der Waals surface area contributed by atoms with E-state index in [9.17, 15) is 13.6 Å². The van der Waals surface area contributed by atoms with Crippen molar-refractivity contribution in [2.24, 2.45) is 5.73 Å². The summed E-state index contributed by atoms with van der Waals surface area (Å²) in [5, 5.41) is 0. The quantitative estimate of drug-likeness (QED) is 0.581. The Morgan fingerprint density at radius 1 is 1.31 bits per heavy atom. The molecule has 1 aliphatic heterocycles. The molecule has 10 heteroatoms. The minimum absolute atomic E-state index is 0.108. The van der Waals surface area contributed by atoms with Crippen molar-refractivity contribution in [3.8, 4) is 16.3 Å². The highest BCUT2D eigenvalue weighted by atomic mass is 32.1. The normalized spacial score (nSPS) is 16.2. The largest absolute Gasteiger partial charge is 0.417 e. The monoisotopic (exact) mass is 457 g/mol. The number of hydrogen-bond acceptors (Lipinski definition) is 7. The maximum Gasteiger partial charge on any atom is 0.388 e. The highest BCUT2D eigenvalue weighted by Crippen LogP contribution is 2.42. The number of primary amides is 1. The average Bonchev–Trinajstić information content (AvgIpc) is 3.49. The van der Waals surface area contributed by atoms with Crippen LogP contribution in [0.4, 0.5) is 8.78 Å². The highest BCUT2D eigenvalue weighted by Gasteiger charge is 2.28. The van der Waals surface area contributed by atoms with Crippen molar-refractivity contribution in [1.29, 1.82) is 0 Å². The van der Waals surface area contributed by atoms with Crippen LogP contribution < -0.4 is 10.5 Å². The van der Waals surface area contributed by atoms with Gasteiger partial charge in [-0.3, -0.25) is 9.69 Å². The standard InChI is InChI=1S/C22H21F2N5O2S/c23-22(24)31-20-7-12(3-5-26-20)10-29-6-4-14-15(8-17(21(25)30)27-18(14)11-29)19-9-16(28-32-19)13-1-2-13/h3,5,7-9,13,22H,1-2,4,6,10-11H2,(H2,25,30). The Morgan fingerprint density at radius 2 is 2.16 bits per heavy atom. The van der Waals surface area contributed by atoms with E-state index in [2.05, 4.69) is 30.0 Å². The average molecular weight is 458 g/mol. The van der Waals surface area contributed by atoms with Crippen LogP contribution in [0.15, 0.2) is 30.5 Å². The Kier molecular flexibility index (Phi) is 5.56. The fourth-order valence-electron chi connectivity index (χ4n) is 4.03. The van der Waals surface area contributed by atoms with E-state index in [-0.39, 0.29) is 11.6 Å². The van der Waals surface area contributed by atoms with Crippen molar-refractivity contribution >= 4 is 17.4 Å². The fraction of sp³-hybridized carbons (Fsp3) is 0.364. The van der Waals surface area contributed by atoms with Gasteiger partial charge >= 0.3 is 6.61 Å². The molecule has 4 heterocycles. The van der Waals surface area contributed by atoms with Crippen LogP contribution in [0.1, 0.15) is 51.8 Å². The Balaban J connectivity index is 1.41. The Labute approximate surface area is 187 Å². The molecule has 0 saturated heterocycles. The van der Waals surface area contributed by atoms with E-state index in [1.807, 2.05) is 0 Å². The lowest BCUT2D eigenvalue weighted by Crippen LogP contribution is -2.32. The predicted octanol–water partition coefficient (Wildman–Crippen LogP) is 3.74. The summed E-state index contributed by atoms with van der Waals surface area (Å²) in [4.78, 5) is 23.5. The summed E-state index contributed by atoms with van der Waals surface area (Å²) < 4.78 is 34.0. The number of nitrogens with two attached hydrogens (primary N) is 1. The molecular weight excluding hydrogens is 436 g/mol. The number of ether oxygens (including phenoxy) is 1. The summed E-state index contributed by atoms with van der Waals surface area (Å²) in [5.74, 6) is -0.118. The number of amides is 1. The summed E-state index contributed by atoms with van der Waals surface area (Å²) in [6.07, 6.45) is 4.56. The van der Waals surface area contributed by atoms with Gasteiger partial charge in [0.05, 0.1) is 16.3 Å². The first-order chi connectivity index (χ1) is 15.5. The van der Waals surface area contributed by atoms with Crippen LogP contribution >= 0.6 is 11.5 Å². The molecule has 5 rings (SSSR count). The van der Waals surface area contributed by atoms with Gasteiger partial charge in [-0.15, -0.1) is 0 Å². The number of halogens is 2. The minimum atomic E-state index is -2.92. The molecule has 0 bridgehead atoms. The van der Waals surface area contributed by atoms with Crippen LogP contribution in [0.25, 0.3) is 10.4 Å². The van der Waals surface area contributed by atoms with E-state index in [0.717, 1.165) is 45.9 Å². The molecule has 166 valence electrons. The summed E-state index contributed by atoms with van der Waals surface area (Å²) in [7, 11) is 0. The van der Waals surface area contributed by atoms with Crippen LogP contribution in [-0.2, 0) is 19.5 Å². The molecule has 0 spiro atoms. The first kappa shape index (κ1) is 20.9. The second-order valence-electron chi connectivity index (χ2n) is 8.08. The molecule has 1 aliphatic carbocycles. The van der Waals surface area contributed by atoms with Crippen molar-refractivity contribution in [1.82, 2.24) is 19.2 Å². The van der Waals surface area contributed by atoms with Crippen molar-refractivity contribution in [2.75, 3.05) is 6.54 Å². The van der Waals surface area contributed by atoms with E-state index < -0.39 is 12.5 Å². The third-order valence-corrected chi connectivity index (χ3v) is 6.56. The lowest BCUT2D eigenvalue weighted by Gasteiger charge is -2.29. The van der Waals surface area contributed by atoms with Gasteiger partial charge < -0.3 is 10.5 Å². The van der Waals surface area contributed by atoms with Gasteiger partial charge in [-0.25, -0.2) is 9.97 Å². The van der Waals surface area contributed by atoms with E-state index in [1.54, 1.807) is 12.1 Å². The number of aromatic nitrogens is 3. The van der Waals surface area contributed by atoms with E-state index in [0.29, 0.717) is 19.0 Å². The Bertz CT molecular complexity index is 1160. The lowest BCUT2D eigenvalue weighted by molar-refractivity contribution is -0.0529. The highest BCUT2D eigenvalue weighted by molar-refractivity contribution is 7.09. The number of pyridine rings is 2. The van der Waals surface area contributed by atoms with E-state index in [4.69, 9.17) is 5.73 Å². The third kappa shape index (κ3) is 4.46. The smallest absolute Gasteiger partial charge is 0.388 e. The molecule has 32 heavy (non-hydrogen) atoms. The molecule has 2 N–H and O–H groups in total. The predicted molar refractivity (Wildman–Crippen MR) is 115 cm³/mol. The topological polar surface area (TPSA) is 94.2 Å². The zero-order valence-electron chi connectivity index (χ0n) is 17.1. The lowest BCUT2D eigenvalue weighted by atomic mass is 9.96. The molecule has 1 saturated carbocycles. The molecule has 0 radical (unpaired) electrons. The number of fused-ring (bicyclic) bond motifs is 1. The first-order valence-electron chi connectivity index (χ1n) is 10.4. The molecule has 1 fully saturated rings.